The number of hydrogen-bond donors (Lipinski definition) is 0. The van der Waals surface area contributed by atoms with Crippen molar-refractivity contribution in [3.63, 3.8) is 0 Å². The Balaban J connectivity index is 1.84. The number of aromatic nitrogens is 2. The molecule has 0 bridgehead atoms. The molecular formula is C19H16N2O3S. The van der Waals surface area contributed by atoms with Crippen LogP contribution in [-0.2, 0) is 0 Å². The topological polar surface area (TPSA) is 53.5 Å². The van der Waals surface area contributed by atoms with E-state index in [9.17, 15) is 0 Å². The van der Waals surface area contributed by atoms with E-state index in [1.807, 2.05) is 42.8 Å². The maximum Gasteiger partial charge on any atom is 0.162 e. The Morgan fingerprint density at radius 1 is 0.840 bits per heavy atom. The molecule has 0 spiro atoms. The number of fused-ring (bicyclic) bond motifs is 2. The average molecular weight is 352 g/mol. The monoisotopic (exact) mass is 352 g/mol. The van der Waals surface area contributed by atoms with Crippen LogP contribution in [0.25, 0.3) is 21.1 Å². The van der Waals surface area contributed by atoms with Gasteiger partial charge in [-0.2, -0.15) is 0 Å². The van der Waals surface area contributed by atoms with Gasteiger partial charge in [0.25, 0.3) is 0 Å². The lowest BCUT2D eigenvalue weighted by molar-refractivity contribution is 0.355. The fourth-order valence-corrected chi connectivity index (χ4v) is 3.60. The fraction of sp³-hybridized carbons (Fsp3) is 0.158. The molecule has 0 aliphatic rings. The summed E-state index contributed by atoms with van der Waals surface area (Å²) in [5.41, 5.74) is 4.69. The van der Waals surface area contributed by atoms with E-state index < -0.39 is 0 Å². The third-order valence-corrected chi connectivity index (χ3v) is 5.09. The molecule has 0 fully saturated rings. The standard InChI is InChI=1S/C19H16N2O3S/c1-11-15(5-4-13-19(11)25-10-21-13)24-16-6-7-20-14-9-18(23-3)17(22-2)8-12(14)16/h4-10H,1-3H3. The number of thiazole rings is 1. The first-order chi connectivity index (χ1) is 12.2. The molecule has 2 heterocycles. The zero-order valence-corrected chi connectivity index (χ0v) is 14.9. The van der Waals surface area contributed by atoms with Gasteiger partial charge in [-0.3, -0.25) is 4.98 Å². The Bertz CT molecular complexity index is 1080. The molecule has 2 aromatic carbocycles. The molecule has 25 heavy (non-hydrogen) atoms. The number of benzene rings is 2. The summed E-state index contributed by atoms with van der Waals surface area (Å²) in [5.74, 6) is 2.81. The number of aryl methyl sites for hydroxylation is 1. The number of ether oxygens (including phenoxy) is 3. The van der Waals surface area contributed by atoms with Crippen LogP contribution in [0.4, 0.5) is 0 Å². The van der Waals surface area contributed by atoms with Gasteiger partial charge in [0.2, 0.25) is 0 Å². The lowest BCUT2D eigenvalue weighted by atomic mass is 10.1. The van der Waals surface area contributed by atoms with E-state index in [4.69, 9.17) is 14.2 Å². The third kappa shape index (κ3) is 2.64. The first kappa shape index (κ1) is 15.7. The maximum absolute atomic E-state index is 6.22. The van der Waals surface area contributed by atoms with E-state index in [2.05, 4.69) is 9.97 Å². The van der Waals surface area contributed by atoms with Crippen molar-refractivity contribution in [1.29, 1.82) is 0 Å². The second-order valence-corrected chi connectivity index (χ2v) is 6.38. The van der Waals surface area contributed by atoms with E-state index in [0.717, 1.165) is 38.2 Å². The van der Waals surface area contributed by atoms with Crippen LogP contribution in [0.2, 0.25) is 0 Å². The summed E-state index contributed by atoms with van der Waals surface area (Å²) in [7, 11) is 3.22. The van der Waals surface area contributed by atoms with Crippen LogP contribution in [-0.4, -0.2) is 24.2 Å². The van der Waals surface area contributed by atoms with Crippen molar-refractivity contribution in [3.8, 4) is 23.0 Å². The number of pyridine rings is 1. The van der Waals surface area contributed by atoms with Gasteiger partial charge in [0.15, 0.2) is 11.5 Å². The Kier molecular flexibility index (Phi) is 3.89. The zero-order valence-electron chi connectivity index (χ0n) is 14.1. The molecule has 4 aromatic rings. The summed E-state index contributed by atoms with van der Waals surface area (Å²) in [6.07, 6.45) is 1.73. The minimum atomic E-state index is 0.641. The molecule has 0 aliphatic heterocycles. The number of nitrogens with zero attached hydrogens (tertiary/aromatic N) is 2. The van der Waals surface area contributed by atoms with Gasteiger partial charge >= 0.3 is 0 Å². The highest BCUT2D eigenvalue weighted by Crippen LogP contribution is 2.38. The highest BCUT2D eigenvalue weighted by Gasteiger charge is 2.13. The summed E-state index contributed by atoms with van der Waals surface area (Å²) >= 11 is 1.61. The molecule has 0 saturated carbocycles. The molecule has 2 aromatic heterocycles. The lowest BCUT2D eigenvalue weighted by Crippen LogP contribution is -1.94. The largest absolute Gasteiger partial charge is 0.493 e. The van der Waals surface area contributed by atoms with Gasteiger partial charge in [0.1, 0.15) is 11.5 Å². The first-order valence-corrected chi connectivity index (χ1v) is 8.60. The summed E-state index contributed by atoms with van der Waals surface area (Å²) in [6.45, 7) is 2.04. The third-order valence-electron chi connectivity index (χ3n) is 4.12. The van der Waals surface area contributed by atoms with E-state index in [1.165, 1.54) is 0 Å². The zero-order chi connectivity index (χ0) is 17.4. The van der Waals surface area contributed by atoms with Crippen molar-refractivity contribution in [2.45, 2.75) is 6.92 Å². The predicted molar refractivity (Wildman–Crippen MR) is 99.3 cm³/mol. The summed E-state index contributed by atoms with van der Waals surface area (Å²) in [6, 6.07) is 9.51. The molecular weight excluding hydrogens is 336 g/mol. The molecule has 126 valence electrons. The van der Waals surface area contributed by atoms with E-state index in [1.54, 1.807) is 31.8 Å². The minimum absolute atomic E-state index is 0.641. The van der Waals surface area contributed by atoms with Crippen LogP contribution >= 0.6 is 11.3 Å². The van der Waals surface area contributed by atoms with Gasteiger partial charge in [0, 0.05) is 23.2 Å². The van der Waals surface area contributed by atoms with Crippen molar-refractivity contribution >= 4 is 32.5 Å². The average Bonchev–Trinajstić information content (AvgIpc) is 3.12. The highest BCUT2D eigenvalue weighted by molar-refractivity contribution is 7.17. The number of rotatable bonds is 4. The van der Waals surface area contributed by atoms with Gasteiger partial charge in [-0.1, -0.05) is 0 Å². The lowest BCUT2D eigenvalue weighted by Gasteiger charge is -2.13. The van der Waals surface area contributed by atoms with E-state index in [-0.39, 0.29) is 0 Å². The molecule has 0 unspecified atom stereocenters. The van der Waals surface area contributed by atoms with Crippen molar-refractivity contribution in [1.82, 2.24) is 9.97 Å². The molecule has 0 amide bonds. The number of hydrogen-bond acceptors (Lipinski definition) is 6. The minimum Gasteiger partial charge on any atom is -0.493 e. The van der Waals surface area contributed by atoms with Crippen LogP contribution in [0.1, 0.15) is 5.56 Å². The smallest absolute Gasteiger partial charge is 0.162 e. The van der Waals surface area contributed by atoms with E-state index >= 15 is 0 Å². The van der Waals surface area contributed by atoms with Gasteiger partial charge in [-0.15, -0.1) is 11.3 Å². The van der Waals surface area contributed by atoms with Crippen LogP contribution in [0.3, 0.4) is 0 Å². The summed E-state index contributed by atoms with van der Waals surface area (Å²) in [4.78, 5) is 8.75. The van der Waals surface area contributed by atoms with Gasteiger partial charge in [0.05, 0.1) is 35.5 Å². The van der Waals surface area contributed by atoms with Crippen molar-refractivity contribution in [3.05, 3.63) is 47.6 Å². The van der Waals surface area contributed by atoms with Crippen LogP contribution in [0, 0.1) is 6.92 Å². The maximum atomic E-state index is 6.22. The molecule has 0 N–H and O–H groups in total. The molecule has 5 nitrogen and oxygen atoms in total. The van der Waals surface area contributed by atoms with Gasteiger partial charge in [-0.25, -0.2) is 4.98 Å². The predicted octanol–water partition coefficient (Wildman–Crippen LogP) is 4.96. The Hall–Kier alpha value is -2.86. The Morgan fingerprint density at radius 3 is 2.44 bits per heavy atom. The quantitative estimate of drug-likeness (QED) is 0.519. The van der Waals surface area contributed by atoms with Gasteiger partial charge < -0.3 is 14.2 Å². The summed E-state index contributed by atoms with van der Waals surface area (Å²) < 4.78 is 18.1. The molecule has 6 heteroatoms. The van der Waals surface area contributed by atoms with Gasteiger partial charge in [-0.05, 0) is 31.2 Å². The molecule has 0 saturated heterocycles. The molecule has 0 aliphatic carbocycles. The fourth-order valence-electron chi connectivity index (χ4n) is 2.81. The van der Waals surface area contributed by atoms with Crippen molar-refractivity contribution in [2.24, 2.45) is 0 Å². The second-order valence-electron chi connectivity index (χ2n) is 5.52. The normalized spacial score (nSPS) is 11.0. The molecule has 0 radical (unpaired) electrons. The first-order valence-electron chi connectivity index (χ1n) is 7.72. The number of methoxy groups -OCH3 is 2. The van der Waals surface area contributed by atoms with Crippen molar-refractivity contribution < 1.29 is 14.2 Å². The van der Waals surface area contributed by atoms with Crippen LogP contribution < -0.4 is 14.2 Å². The van der Waals surface area contributed by atoms with Crippen molar-refractivity contribution in [2.75, 3.05) is 14.2 Å². The molecule has 4 rings (SSSR count). The van der Waals surface area contributed by atoms with E-state index in [0.29, 0.717) is 11.5 Å². The Morgan fingerprint density at radius 2 is 1.64 bits per heavy atom. The Labute approximate surface area is 148 Å². The molecule has 0 atom stereocenters. The van der Waals surface area contributed by atoms with Crippen LogP contribution in [0.15, 0.2) is 42.0 Å². The SMILES string of the molecule is COc1cc2nccc(Oc3ccc4ncsc4c3C)c2cc1OC. The van der Waals surface area contributed by atoms with Crippen LogP contribution in [0.5, 0.6) is 23.0 Å². The highest BCUT2D eigenvalue weighted by atomic mass is 32.1. The second kappa shape index (κ2) is 6.22. The summed E-state index contributed by atoms with van der Waals surface area (Å²) in [5, 5.41) is 0.865.